The summed E-state index contributed by atoms with van der Waals surface area (Å²) in [4.78, 5) is 16.6. The first-order valence-corrected chi connectivity index (χ1v) is 7.38. The SMILES string of the molecule is CC(C)c1cc(C(=O)NC(C)c2ccccc2)cc(Cl)n1. The highest BCUT2D eigenvalue weighted by Gasteiger charge is 2.14. The molecular weight excluding hydrogens is 284 g/mol. The second kappa shape index (κ2) is 6.72. The fourth-order valence-electron chi connectivity index (χ4n) is 2.05. The Morgan fingerprint density at radius 3 is 2.43 bits per heavy atom. The second-order valence-electron chi connectivity index (χ2n) is 5.36. The van der Waals surface area contributed by atoms with Crippen molar-refractivity contribution in [2.45, 2.75) is 32.7 Å². The van der Waals surface area contributed by atoms with Crippen molar-refractivity contribution in [2.75, 3.05) is 0 Å². The molecule has 0 fully saturated rings. The van der Waals surface area contributed by atoms with Gasteiger partial charge in [0.2, 0.25) is 0 Å². The lowest BCUT2D eigenvalue weighted by Gasteiger charge is -2.15. The van der Waals surface area contributed by atoms with Gasteiger partial charge in [0.1, 0.15) is 5.15 Å². The van der Waals surface area contributed by atoms with Crippen LogP contribution in [0.4, 0.5) is 0 Å². The zero-order valence-corrected chi connectivity index (χ0v) is 13.2. The van der Waals surface area contributed by atoms with Crippen molar-refractivity contribution in [3.05, 3.63) is 64.4 Å². The number of nitrogens with zero attached hydrogens (tertiary/aromatic N) is 1. The predicted octanol–water partition coefficient (Wildman–Crippen LogP) is 4.35. The van der Waals surface area contributed by atoms with Gasteiger partial charge in [-0.15, -0.1) is 0 Å². The van der Waals surface area contributed by atoms with E-state index in [9.17, 15) is 4.79 Å². The maximum Gasteiger partial charge on any atom is 0.251 e. The van der Waals surface area contributed by atoms with Crippen molar-refractivity contribution in [1.29, 1.82) is 0 Å². The molecule has 0 aliphatic rings. The van der Waals surface area contributed by atoms with Crippen molar-refractivity contribution >= 4 is 17.5 Å². The maximum absolute atomic E-state index is 12.4. The van der Waals surface area contributed by atoms with E-state index in [1.807, 2.05) is 51.1 Å². The van der Waals surface area contributed by atoms with E-state index in [0.717, 1.165) is 11.3 Å². The number of rotatable bonds is 4. The molecule has 1 unspecified atom stereocenters. The fraction of sp³-hybridized carbons (Fsp3) is 0.294. The highest BCUT2D eigenvalue weighted by molar-refractivity contribution is 6.29. The number of aromatic nitrogens is 1. The standard InChI is InChI=1S/C17H19ClN2O/c1-11(2)15-9-14(10-16(18)20-15)17(21)19-12(3)13-7-5-4-6-8-13/h4-12H,1-3H3,(H,19,21). The monoisotopic (exact) mass is 302 g/mol. The normalized spacial score (nSPS) is 12.2. The molecule has 1 heterocycles. The Morgan fingerprint density at radius 2 is 1.81 bits per heavy atom. The van der Waals surface area contributed by atoms with Gasteiger partial charge in [-0.2, -0.15) is 0 Å². The molecule has 2 rings (SSSR count). The molecule has 0 radical (unpaired) electrons. The lowest BCUT2D eigenvalue weighted by Crippen LogP contribution is -2.26. The van der Waals surface area contributed by atoms with Crippen LogP contribution in [0.1, 0.15) is 54.3 Å². The van der Waals surface area contributed by atoms with Crippen molar-refractivity contribution < 1.29 is 4.79 Å². The minimum atomic E-state index is -0.141. The summed E-state index contributed by atoms with van der Waals surface area (Å²) in [5.41, 5.74) is 2.43. The van der Waals surface area contributed by atoms with Gasteiger partial charge in [-0.3, -0.25) is 4.79 Å². The average Bonchev–Trinajstić information content (AvgIpc) is 2.47. The number of amides is 1. The van der Waals surface area contributed by atoms with E-state index in [1.165, 1.54) is 0 Å². The van der Waals surface area contributed by atoms with Crippen LogP contribution in [0.3, 0.4) is 0 Å². The Bertz CT molecular complexity index is 626. The minimum Gasteiger partial charge on any atom is -0.346 e. The average molecular weight is 303 g/mol. The summed E-state index contributed by atoms with van der Waals surface area (Å²) < 4.78 is 0. The summed E-state index contributed by atoms with van der Waals surface area (Å²) in [5, 5.41) is 3.33. The lowest BCUT2D eigenvalue weighted by molar-refractivity contribution is 0.0939. The van der Waals surface area contributed by atoms with E-state index >= 15 is 0 Å². The van der Waals surface area contributed by atoms with Crippen LogP contribution in [0.5, 0.6) is 0 Å². The third kappa shape index (κ3) is 4.05. The van der Waals surface area contributed by atoms with E-state index in [1.54, 1.807) is 12.1 Å². The maximum atomic E-state index is 12.4. The number of carbonyl (C=O) groups is 1. The van der Waals surface area contributed by atoms with Crippen LogP contribution in [-0.2, 0) is 0 Å². The molecule has 4 heteroatoms. The third-order valence-electron chi connectivity index (χ3n) is 3.31. The van der Waals surface area contributed by atoms with Crippen LogP contribution in [-0.4, -0.2) is 10.9 Å². The smallest absolute Gasteiger partial charge is 0.251 e. The van der Waals surface area contributed by atoms with Gasteiger partial charge in [-0.05, 0) is 30.5 Å². The van der Waals surface area contributed by atoms with Crippen LogP contribution in [0.15, 0.2) is 42.5 Å². The van der Waals surface area contributed by atoms with Gasteiger partial charge in [-0.1, -0.05) is 55.8 Å². The molecule has 1 atom stereocenters. The summed E-state index contributed by atoms with van der Waals surface area (Å²) in [6.45, 7) is 6.00. The van der Waals surface area contributed by atoms with Crippen LogP contribution >= 0.6 is 11.6 Å². The summed E-state index contributed by atoms with van der Waals surface area (Å²) >= 11 is 6.00. The number of hydrogen-bond acceptors (Lipinski definition) is 2. The highest BCUT2D eigenvalue weighted by Crippen LogP contribution is 2.19. The van der Waals surface area contributed by atoms with E-state index in [2.05, 4.69) is 10.3 Å². The molecule has 0 saturated heterocycles. The molecule has 0 spiro atoms. The van der Waals surface area contributed by atoms with E-state index in [0.29, 0.717) is 10.7 Å². The summed E-state index contributed by atoms with van der Waals surface area (Å²) in [6.07, 6.45) is 0. The van der Waals surface area contributed by atoms with Gasteiger partial charge in [-0.25, -0.2) is 4.98 Å². The van der Waals surface area contributed by atoms with Crippen LogP contribution in [0, 0.1) is 0 Å². The number of carbonyl (C=O) groups excluding carboxylic acids is 1. The predicted molar refractivity (Wildman–Crippen MR) is 85.7 cm³/mol. The molecule has 1 N–H and O–H groups in total. The quantitative estimate of drug-likeness (QED) is 0.853. The zero-order valence-electron chi connectivity index (χ0n) is 12.4. The van der Waals surface area contributed by atoms with Gasteiger partial charge in [0, 0.05) is 11.3 Å². The minimum absolute atomic E-state index is 0.0619. The Labute approximate surface area is 130 Å². The second-order valence-corrected chi connectivity index (χ2v) is 5.75. The summed E-state index contributed by atoms with van der Waals surface area (Å²) in [6, 6.07) is 13.2. The third-order valence-corrected chi connectivity index (χ3v) is 3.51. The topological polar surface area (TPSA) is 42.0 Å². The summed E-state index contributed by atoms with van der Waals surface area (Å²) in [5.74, 6) is 0.0827. The highest BCUT2D eigenvalue weighted by atomic mass is 35.5. The molecule has 0 saturated carbocycles. The first kappa shape index (κ1) is 15.5. The van der Waals surface area contributed by atoms with Gasteiger partial charge >= 0.3 is 0 Å². The molecule has 0 aliphatic heterocycles. The Kier molecular flexibility index (Phi) is 4.97. The van der Waals surface area contributed by atoms with E-state index in [4.69, 9.17) is 11.6 Å². The van der Waals surface area contributed by atoms with Crippen LogP contribution in [0.25, 0.3) is 0 Å². The van der Waals surface area contributed by atoms with E-state index < -0.39 is 0 Å². The molecule has 2 aromatic rings. The number of halogens is 1. The molecule has 110 valence electrons. The largest absolute Gasteiger partial charge is 0.346 e. The molecular formula is C17H19ClN2O. The molecule has 1 aromatic heterocycles. The first-order valence-electron chi connectivity index (χ1n) is 7.00. The van der Waals surface area contributed by atoms with Crippen LogP contribution in [0.2, 0.25) is 5.15 Å². The van der Waals surface area contributed by atoms with E-state index in [-0.39, 0.29) is 17.9 Å². The summed E-state index contributed by atoms with van der Waals surface area (Å²) in [7, 11) is 0. The number of benzene rings is 1. The first-order chi connectivity index (χ1) is 9.97. The van der Waals surface area contributed by atoms with Crippen molar-refractivity contribution in [1.82, 2.24) is 10.3 Å². The van der Waals surface area contributed by atoms with Crippen molar-refractivity contribution in [2.24, 2.45) is 0 Å². The molecule has 3 nitrogen and oxygen atoms in total. The molecule has 1 aromatic carbocycles. The van der Waals surface area contributed by atoms with Gasteiger partial charge < -0.3 is 5.32 Å². The molecule has 0 bridgehead atoms. The molecule has 1 amide bonds. The lowest BCUT2D eigenvalue weighted by atomic mass is 10.1. The van der Waals surface area contributed by atoms with Crippen molar-refractivity contribution in [3.8, 4) is 0 Å². The van der Waals surface area contributed by atoms with Crippen molar-refractivity contribution in [3.63, 3.8) is 0 Å². The zero-order chi connectivity index (χ0) is 15.4. The van der Waals surface area contributed by atoms with Crippen LogP contribution < -0.4 is 5.32 Å². The molecule has 0 aliphatic carbocycles. The number of hydrogen-bond donors (Lipinski definition) is 1. The fourth-order valence-corrected chi connectivity index (χ4v) is 2.26. The van der Waals surface area contributed by atoms with Gasteiger partial charge in [0.25, 0.3) is 5.91 Å². The Balaban J connectivity index is 2.17. The number of pyridine rings is 1. The van der Waals surface area contributed by atoms with Gasteiger partial charge in [0.15, 0.2) is 0 Å². The van der Waals surface area contributed by atoms with Gasteiger partial charge in [0.05, 0.1) is 6.04 Å². The Morgan fingerprint density at radius 1 is 1.14 bits per heavy atom. The Hall–Kier alpha value is -1.87. The molecule has 21 heavy (non-hydrogen) atoms. The number of nitrogens with one attached hydrogen (secondary N) is 1.